The molecule has 0 spiro atoms. The monoisotopic (exact) mass is 339 g/mol. The highest BCUT2D eigenvalue weighted by Gasteiger charge is 2.32. The lowest BCUT2D eigenvalue weighted by molar-refractivity contribution is -0.118. The highest BCUT2D eigenvalue weighted by molar-refractivity contribution is 5.99. The van der Waals surface area contributed by atoms with Crippen LogP contribution in [-0.2, 0) is 17.6 Å². The average Bonchev–Trinajstić information content (AvgIpc) is 2.93. The number of nitrogens with zero attached hydrogens (tertiary/aromatic N) is 1. The van der Waals surface area contributed by atoms with Gasteiger partial charge in [0.25, 0.3) is 5.91 Å². The van der Waals surface area contributed by atoms with Crippen LogP contribution < -0.4 is 16.2 Å². The van der Waals surface area contributed by atoms with E-state index in [4.69, 9.17) is 16.2 Å². The number of hydrogen-bond donors (Lipinski definition) is 2. The average molecular weight is 339 g/mol. The van der Waals surface area contributed by atoms with Crippen LogP contribution in [0, 0.1) is 5.92 Å². The molecule has 2 aromatic rings. The van der Waals surface area contributed by atoms with Gasteiger partial charge in [0, 0.05) is 17.3 Å². The Kier molecular flexibility index (Phi) is 4.35. The Morgan fingerprint density at radius 1 is 1.32 bits per heavy atom. The van der Waals surface area contributed by atoms with Gasteiger partial charge in [-0.1, -0.05) is 6.58 Å². The number of carbonyl (C=O) groups excluding carboxylic acids is 2. The van der Waals surface area contributed by atoms with E-state index in [0.717, 1.165) is 22.7 Å². The zero-order valence-electron chi connectivity index (χ0n) is 14.1. The van der Waals surface area contributed by atoms with Crippen molar-refractivity contribution in [2.75, 3.05) is 12.8 Å². The van der Waals surface area contributed by atoms with E-state index < -0.39 is 5.91 Å². The Morgan fingerprint density at radius 2 is 2.00 bits per heavy atom. The van der Waals surface area contributed by atoms with E-state index in [9.17, 15) is 9.59 Å². The molecule has 1 amide bonds. The van der Waals surface area contributed by atoms with Crippen LogP contribution >= 0.6 is 0 Å². The van der Waals surface area contributed by atoms with Crippen LogP contribution in [0.25, 0.3) is 5.69 Å². The van der Waals surface area contributed by atoms with Crippen molar-refractivity contribution in [2.45, 2.75) is 19.3 Å². The Bertz CT molecular complexity index is 850. The Balaban J connectivity index is 2.14. The van der Waals surface area contributed by atoms with Gasteiger partial charge >= 0.3 is 0 Å². The molecule has 0 fully saturated rings. The number of rotatable bonds is 5. The van der Waals surface area contributed by atoms with Crippen LogP contribution in [-0.4, -0.2) is 23.4 Å². The number of nitrogen functional groups attached to an aromatic ring is 1. The zero-order valence-corrected chi connectivity index (χ0v) is 14.1. The topological polar surface area (TPSA) is 100 Å². The molecular weight excluding hydrogens is 318 g/mol. The van der Waals surface area contributed by atoms with Gasteiger partial charge in [-0.15, -0.1) is 0 Å². The highest BCUT2D eigenvalue weighted by Crippen LogP contribution is 2.37. The first kappa shape index (κ1) is 16.8. The van der Waals surface area contributed by atoms with E-state index in [0.29, 0.717) is 24.9 Å². The van der Waals surface area contributed by atoms with Crippen molar-refractivity contribution in [2.24, 2.45) is 11.7 Å². The number of fused-ring (bicyclic) bond motifs is 1. The number of aromatic nitrogens is 1. The lowest BCUT2D eigenvalue weighted by Gasteiger charge is -2.22. The Labute approximate surface area is 146 Å². The van der Waals surface area contributed by atoms with Crippen molar-refractivity contribution in [3.63, 3.8) is 0 Å². The van der Waals surface area contributed by atoms with Gasteiger partial charge in [0.15, 0.2) is 5.78 Å². The van der Waals surface area contributed by atoms with E-state index in [-0.39, 0.29) is 17.4 Å². The first-order valence-electron chi connectivity index (χ1n) is 8.10. The van der Waals surface area contributed by atoms with Gasteiger partial charge in [0.05, 0.1) is 12.8 Å². The van der Waals surface area contributed by atoms with Crippen molar-refractivity contribution in [1.29, 1.82) is 0 Å². The smallest absolute Gasteiger partial charge is 0.267 e. The van der Waals surface area contributed by atoms with Gasteiger partial charge in [-0.05, 0) is 55.2 Å². The van der Waals surface area contributed by atoms with E-state index >= 15 is 0 Å². The molecule has 25 heavy (non-hydrogen) atoms. The summed E-state index contributed by atoms with van der Waals surface area (Å²) in [7, 11) is 1.59. The second kappa shape index (κ2) is 6.47. The quantitative estimate of drug-likeness (QED) is 0.814. The molecule has 0 saturated heterocycles. The number of nitrogens with two attached hydrogens (primary N) is 2. The summed E-state index contributed by atoms with van der Waals surface area (Å²) >= 11 is 0. The summed E-state index contributed by atoms with van der Waals surface area (Å²) in [6.07, 6.45) is 3.18. The largest absolute Gasteiger partial charge is 0.497 e. The molecule has 130 valence electrons. The number of anilines is 1. The SMILES string of the molecule is C=CC(=O)C1CCc2c(c(N)c(C(N)=O)n2-c2ccc(OC)cc2)C1. The first-order valence-corrected chi connectivity index (χ1v) is 8.10. The van der Waals surface area contributed by atoms with Crippen LogP contribution in [0.2, 0.25) is 0 Å². The summed E-state index contributed by atoms with van der Waals surface area (Å²) in [5, 5.41) is 0. The number of hydrogen-bond acceptors (Lipinski definition) is 4. The molecule has 0 saturated carbocycles. The molecule has 1 aromatic carbocycles. The number of amides is 1. The predicted molar refractivity (Wildman–Crippen MR) is 96.0 cm³/mol. The van der Waals surface area contributed by atoms with E-state index in [2.05, 4.69) is 6.58 Å². The Hall–Kier alpha value is -3.02. The number of methoxy groups -OCH3 is 1. The lowest BCUT2D eigenvalue weighted by atomic mass is 9.84. The van der Waals surface area contributed by atoms with Gasteiger partial charge in [-0.25, -0.2) is 0 Å². The second-order valence-corrected chi connectivity index (χ2v) is 6.13. The number of benzene rings is 1. The number of ether oxygens (including phenoxy) is 1. The van der Waals surface area contributed by atoms with Gasteiger partial charge in [-0.3, -0.25) is 9.59 Å². The standard InChI is InChI=1S/C19H21N3O3/c1-3-16(23)11-4-9-15-14(10-11)17(20)18(19(21)24)22(15)12-5-7-13(25-2)8-6-12/h3,5-8,11H,1,4,9-10,20H2,2H3,(H2,21,24). The Morgan fingerprint density at radius 3 is 2.56 bits per heavy atom. The molecule has 1 aliphatic carbocycles. The summed E-state index contributed by atoms with van der Waals surface area (Å²) in [5.41, 5.74) is 15.0. The van der Waals surface area contributed by atoms with Crippen LogP contribution in [0.3, 0.4) is 0 Å². The molecule has 6 nitrogen and oxygen atoms in total. The minimum atomic E-state index is -0.589. The number of allylic oxidation sites excluding steroid dienone is 1. The number of primary amides is 1. The maximum absolute atomic E-state index is 12.0. The third-order valence-electron chi connectivity index (χ3n) is 4.77. The second-order valence-electron chi connectivity index (χ2n) is 6.13. The van der Waals surface area contributed by atoms with Crippen LogP contribution in [0.15, 0.2) is 36.9 Å². The predicted octanol–water partition coefficient (Wildman–Crippen LogP) is 2.03. The van der Waals surface area contributed by atoms with Crippen LogP contribution in [0.1, 0.15) is 28.2 Å². The third kappa shape index (κ3) is 2.80. The molecule has 1 aromatic heterocycles. The summed E-state index contributed by atoms with van der Waals surface area (Å²) in [5.74, 6) is -0.0213. The number of carbonyl (C=O) groups is 2. The minimum Gasteiger partial charge on any atom is -0.497 e. The first-order chi connectivity index (χ1) is 12.0. The molecular formula is C19H21N3O3. The molecule has 0 bridgehead atoms. The van der Waals surface area contributed by atoms with Gasteiger partial charge in [0.2, 0.25) is 0 Å². The summed E-state index contributed by atoms with van der Waals surface area (Å²) < 4.78 is 6.99. The molecule has 4 N–H and O–H groups in total. The normalized spacial score (nSPS) is 16.1. The zero-order chi connectivity index (χ0) is 18.1. The van der Waals surface area contributed by atoms with Crippen molar-refractivity contribution in [1.82, 2.24) is 4.57 Å². The molecule has 1 unspecified atom stereocenters. The fraction of sp³-hybridized carbons (Fsp3) is 0.263. The summed E-state index contributed by atoms with van der Waals surface area (Å²) in [4.78, 5) is 24.0. The van der Waals surface area contributed by atoms with Crippen molar-refractivity contribution in [3.8, 4) is 11.4 Å². The molecule has 1 aliphatic rings. The summed E-state index contributed by atoms with van der Waals surface area (Å²) in [6, 6.07) is 7.34. The van der Waals surface area contributed by atoms with Crippen LogP contribution in [0.5, 0.6) is 5.75 Å². The number of ketones is 1. The maximum atomic E-state index is 12.0. The maximum Gasteiger partial charge on any atom is 0.267 e. The summed E-state index contributed by atoms with van der Waals surface area (Å²) in [6.45, 7) is 3.56. The fourth-order valence-corrected chi connectivity index (χ4v) is 3.51. The molecule has 0 radical (unpaired) electrons. The van der Waals surface area contributed by atoms with Crippen molar-refractivity contribution < 1.29 is 14.3 Å². The molecule has 6 heteroatoms. The van der Waals surface area contributed by atoms with Crippen molar-refractivity contribution >= 4 is 17.4 Å². The molecule has 1 atom stereocenters. The third-order valence-corrected chi connectivity index (χ3v) is 4.77. The van der Waals surface area contributed by atoms with Gasteiger partial charge < -0.3 is 20.8 Å². The van der Waals surface area contributed by atoms with E-state index in [1.165, 1.54) is 6.08 Å². The molecule has 0 aliphatic heterocycles. The molecule has 3 rings (SSSR count). The van der Waals surface area contributed by atoms with Gasteiger partial charge in [0.1, 0.15) is 11.4 Å². The van der Waals surface area contributed by atoms with Gasteiger partial charge in [-0.2, -0.15) is 0 Å². The van der Waals surface area contributed by atoms with E-state index in [1.807, 2.05) is 24.3 Å². The fourth-order valence-electron chi connectivity index (χ4n) is 3.51. The molecule has 1 heterocycles. The van der Waals surface area contributed by atoms with Crippen LogP contribution in [0.4, 0.5) is 5.69 Å². The minimum absolute atomic E-state index is 0.00266. The van der Waals surface area contributed by atoms with E-state index in [1.54, 1.807) is 11.7 Å². The lowest BCUT2D eigenvalue weighted by Crippen LogP contribution is -2.22. The van der Waals surface area contributed by atoms with Crippen molar-refractivity contribution in [3.05, 3.63) is 53.9 Å². The highest BCUT2D eigenvalue weighted by atomic mass is 16.5.